The van der Waals surface area contributed by atoms with Gasteiger partial charge in [0.05, 0.1) is 17.7 Å². The van der Waals surface area contributed by atoms with Crippen LogP contribution in [0.4, 0.5) is 24.8 Å². The van der Waals surface area contributed by atoms with Gasteiger partial charge < -0.3 is 20.1 Å². The van der Waals surface area contributed by atoms with Crippen LogP contribution in [0.3, 0.4) is 0 Å². The second-order valence-electron chi connectivity index (χ2n) is 7.49. The third-order valence-electron chi connectivity index (χ3n) is 5.06. The number of hydrogen-bond acceptors (Lipinski definition) is 7. The summed E-state index contributed by atoms with van der Waals surface area (Å²) in [5.41, 5.74) is 0.399. The number of hydrogen-bond donors (Lipinski definition) is 2. The zero-order chi connectivity index (χ0) is 26.6. The second kappa shape index (κ2) is 10.7. The Bertz CT molecular complexity index is 1410. The number of halogens is 4. The van der Waals surface area contributed by atoms with Crippen LogP contribution in [0.5, 0.6) is 17.5 Å². The predicted molar refractivity (Wildman–Crippen MR) is 131 cm³/mol. The Labute approximate surface area is 214 Å². The van der Waals surface area contributed by atoms with Gasteiger partial charge in [-0.2, -0.15) is 28.1 Å². The molecule has 0 saturated heterocycles. The number of amides is 1. The van der Waals surface area contributed by atoms with E-state index in [0.717, 1.165) is 6.07 Å². The van der Waals surface area contributed by atoms with Crippen molar-refractivity contribution in [3.05, 3.63) is 82.9 Å². The fraction of sp³-hybridized carbons (Fsp3) is 0.120. The number of methoxy groups -OCH3 is 1. The highest BCUT2D eigenvalue weighted by Gasteiger charge is 2.36. The Morgan fingerprint density at radius 3 is 2.27 bits per heavy atom. The van der Waals surface area contributed by atoms with Gasteiger partial charge in [0.1, 0.15) is 5.75 Å². The van der Waals surface area contributed by atoms with Gasteiger partial charge in [0.25, 0.3) is 5.91 Å². The van der Waals surface area contributed by atoms with Gasteiger partial charge in [0.15, 0.2) is 11.6 Å². The van der Waals surface area contributed by atoms with Crippen LogP contribution in [-0.2, 0) is 6.18 Å². The van der Waals surface area contributed by atoms with Crippen LogP contribution < -0.4 is 20.1 Å². The third-order valence-corrected chi connectivity index (χ3v) is 5.36. The average Bonchev–Trinajstić information content (AvgIpc) is 2.89. The van der Waals surface area contributed by atoms with Crippen molar-refractivity contribution in [2.45, 2.75) is 6.18 Å². The molecule has 3 aromatic carbocycles. The van der Waals surface area contributed by atoms with Crippen molar-refractivity contribution in [3.63, 3.8) is 0 Å². The highest BCUT2D eigenvalue weighted by molar-refractivity contribution is 6.32. The molecule has 8 nitrogen and oxygen atoms in total. The molecule has 4 rings (SSSR count). The normalized spacial score (nSPS) is 11.1. The van der Waals surface area contributed by atoms with Crippen LogP contribution in [0.25, 0.3) is 11.4 Å². The van der Waals surface area contributed by atoms with Crippen molar-refractivity contribution < 1.29 is 27.4 Å². The summed E-state index contributed by atoms with van der Waals surface area (Å²) < 4.78 is 51.4. The molecule has 0 spiro atoms. The zero-order valence-electron chi connectivity index (χ0n) is 19.4. The fourth-order valence-corrected chi connectivity index (χ4v) is 3.45. The number of nitrogens with zero attached hydrogens (tertiary/aromatic N) is 3. The van der Waals surface area contributed by atoms with E-state index in [0.29, 0.717) is 22.6 Å². The Kier molecular flexibility index (Phi) is 7.44. The lowest BCUT2D eigenvalue weighted by Gasteiger charge is -2.15. The molecule has 190 valence electrons. The number of nitrogens with one attached hydrogen (secondary N) is 2. The summed E-state index contributed by atoms with van der Waals surface area (Å²) in [6.07, 6.45) is -4.72. The number of aromatic nitrogens is 3. The van der Waals surface area contributed by atoms with Gasteiger partial charge in [-0.1, -0.05) is 17.7 Å². The van der Waals surface area contributed by atoms with Crippen molar-refractivity contribution in [2.24, 2.45) is 0 Å². The molecule has 1 aromatic heterocycles. The molecule has 0 saturated carbocycles. The van der Waals surface area contributed by atoms with Crippen LogP contribution in [0.15, 0.2) is 66.7 Å². The van der Waals surface area contributed by atoms with Gasteiger partial charge in [-0.05, 0) is 60.7 Å². The van der Waals surface area contributed by atoms with Crippen LogP contribution in [-0.4, -0.2) is 35.0 Å². The molecule has 0 fully saturated rings. The maximum absolute atomic E-state index is 13.6. The van der Waals surface area contributed by atoms with Gasteiger partial charge in [-0.25, -0.2) is 0 Å². The maximum Gasteiger partial charge on any atom is 0.420 e. The Morgan fingerprint density at radius 1 is 0.946 bits per heavy atom. The van der Waals surface area contributed by atoms with E-state index in [1.165, 1.54) is 26.3 Å². The molecule has 4 aromatic rings. The number of carbonyl (C=O) groups is 1. The molecule has 0 atom stereocenters. The van der Waals surface area contributed by atoms with Crippen LogP contribution >= 0.6 is 11.6 Å². The van der Waals surface area contributed by atoms with E-state index in [2.05, 4.69) is 25.6 Å². The van der Waals surface area contributed by atoms with Crippen LogP contribution in [0, 0.1) is 0 Å². The van der Waals surface area contributed by atoms with Gasteiger partial charge in [0.2, 0.25) is 5.95 Å². The summed E-state index contributed by atoms with van der Waals surface area (Å²) >= 11 is 6.04. The molecule has 0 aliphatic rings. The molecule has 37 heavy (non-hydrogen) atoms. The van der Waals surface area contributed by atoms with E-state index in [1.807, 2.05) is 0 Å². The second-order valence-corrected chi connectivity index (χ2v) is 7.90. The summed E-state index contributed by atoms with van der Waals surface area (Å²) in [5, 5.41) is 5.22. The quantitative estimate of drug-likeness (QED) is 0.298. The lowest BCUT2D eigenvalue weighted by molar-refractivity contribution is -0.138. The van der Waals surface area contributed by atoms with E-state index in [4.69, 9.17) is 21.1 Å². The van der Waals surface area contributed by atoms with Crippen LogP contribution in [0.1, 0.15) is 15.9 Å². The minimum Gasteiger partial charge on any atom is -0.497 e. The number of rotatable bonds is 7. The minimum atomic E-state index is -4.72. The van der Waals surface area contributed by atoms with E-state index in [9.17, 15) is 18.0 Å². The zero-order valence-corrected chi connectivity index (χ0v) is 20.2. The summed E-state index contributed by atoms with van der Waals surface area (Å²) in [7, 11) is 3.04. The standard InChI is InChI=1S/C25H19ClF3N5O3/c1-30-22(35)15-6-10-16(11-7-15)31-23-32-21(14-8-12-17(36-2)13-9-14)33-24(34-23)37-20-18(25(27,28)29)4-3-5-19(20)26/h3-13H,1-2H3,(H,30,35)(H,31,32,33,34). The molecule has 1 amide bonds. The Balaban J connectivity index is 1.75. The lowest BCUT2D eigenvalue weighted by Crippen LogP contribution is -2.17. The van der Waals surface area contributed by atoms with Crippen molar-refractivity contribution >= 4 is 29.1 Å². The van der Waals surface area contributed by atoms with E-state index >= 15 is 0 Å². The Hall–Kier alpha value is -4.38. The SMILES string of the molecule is CNC(=O)c1ccc(Nc2nc(Oc3c(Cl)cccc3C(F)(F)F)nc(-c3ccc(OC)cc3)n2)cc1. The molecular weight excluding hydrogens is 511 g/mol. The highest BCUT2D eigenvalue weighted by atomic mass is 35.5. The van der Waals surface area contributed by atoms with Gasteiger partial charge >= 0.3 is 12.2 Å². The first-order valence-corrected chi connectivity index (χ1v) is 11.1. The summed E-state index contributed by atoms with van der Waals surface area (Å²) in [5.74, 6) is -0.189. The third kappa shape index (κ3) is 6.07. The van der Waals surface area contributed by atoms with Gasteiger partial charge in [-0.15, -0.1) is 0 Å². The topological polar surface area (TPSA) is 98.3 Å². The van der Waals surface area contributed by atoms with Gasteiger partial charge in [0, 0.05) is 23.9 Å². The smallest absolute Gasteiger partial charge is 0.420 e. The van der Waals surface area contributed by atoms with Crippen LogP contribution in [0.2, 0.25) is 5.02 Å². The van der Waals surface area contributed by atoms with Crippen molar-refractivity contribution in [1.29, 1.82) is 0 Å². The number of para-hydroxylation sites is 1. The minimum absolute atomic E-state index is 0.0101. The first-order valence-electron chi connectivity index (χ1n) is 10.7. The molecule has 0 radical (unpaired) electrons. The van der Waals surface area contributed by atoms with E-state index in [-0.39, 0.29) is 22.7 Å². The summed E-state index contributed by atoms with van der Waals surface area (Å²) in [6, 6.07) is 16.0. The largest absolute Gasteiger partial charge is 0.497 e. The first kappa shape index (κ1) is 25.7. The average molecular weight is 530 g/mol. The van der Waals surface area contributed by atoms with E-state index < -0.39 is 23.5 Å². The first-order chi connectivity index (χ1) is 17.7. The maximum atomic E-state index is 13.6. The fourth-order valence-electron chi connectivity index (χ4n) is 3.23. The molecule has 2 N–H and O–H groups in total. The molecule has 0 unspecified atom stereocenters. The monoisotopic (exact) mass is 529 g/mol. The molecule has 0 aliphatic heterocycles. The lowest BCUT2D eigenvalue weighted by atomic mass is 10.2. The predicted octanol–water partition coefficient (Wildman–Crippen LogP) is 6.11. The van der Waals surface area contributed by atoms with Gasteiger partial charge in [-0.3, -0.25) is 4.79 Å². The number of carbonyl (C=O) groups excluding carboxylic acids is 1. The van der Waals surface area contributed by atoms with Crippen molar-refractivity contribution in [1.82, 2.24) is 20.3 Å². The Morgan fingerprint density at radius 2 is 1.65 bits per heavy atom. The van der Waals surface area contributed by atoms with E-state index in [1.54, 1.807) is 48.5 Å². The van der Waals surface area contributed by atoms with Crippen molar-refractivity contribution in [3.8, 4) is 28.9 Å². The van der Waals surface area contributed by atoms with Crippen molar-refractivity contribution in [2.75, 3.05) is 19.5 Å². The molecule has 0 aliphatic carbocycles. The number of benzene rings is 3. The molecule has 0 bridgehead atoms. The summed E-state index contributed by atoms with van der Waals surface area (Å²) in [6.45, 7) is 0. The number of anilines is 2. The number of alkyl halides is 3. The summed E-state index contributed by atoms with van der Waals surface area (Å²) in [4.78, 5) is 24.5. The number of ether oxygens (including phenoxy) is 2. The molecule has 12 heteroatoms. The highest BCUT2D eigenvalue weighted by Crippen LogP contribution is 2.41. The molecule has 1 heterocycles. The molecular formula is C25H19ClF3N5O3.